The second-order valence-corrected chi connectivity index (χ2v) is 4.41. The molecule has 1 aliphatic rings. The van der Waals surface area contributed by atoms with Gasteiger partial charge in [0.05, 0.1) is 16.3 Å². The Kier molecular flexibility index (Phi) is 3.06. The highest BCUT2D eigenvalue weighted by Gasteiger charge is 2.32. The van der Waals surface area contributed by atoms with E-state index in [1.165, 1.54) is 0 Å². The molecule has 3 nitrogen and oxygen atoms in total. The van der Waals surface area contributed by atoms with Crippen molar-refractivity contribution in [2.24, 2.45) is 0 Å². The van der Waals surface area contributed by atoms with Crippen molar-refractivity contribution < 1.29 is 4.79 Å². The van der Waals surface area contributed by atoms with Crippen molar-refractivity contribution in [1.29, 1.82) is 0 Å². The van der Waals surface area contributed by atoms with Gasteiger partial charge in [-0.05, 0) is 31.9 Å². The van der Waals surface area contributed by atoms with Crippen LogP contribution in [0.5, 0.6) is 0 Å². The molecule has 0 aliphatic heterocycles. The van der Waals surface area contributed by atoms with Gasteiger partial charge in [-0.2, -0.15) is 0 Å². The number of benzene rings is 1. The zero-order valence-corrected chi connectivity index (χ0v) is 10.00. The van der Waals surface area contributed by atoms with Gasteiger partial charge < -0.3 is 10.6 Å². The first-order valence-electron chi connectivity index (χ1n) is 5.50. The largest absolute Gasteiger partial charge is 0.398 e. The normalized spacial score (nSPS) is 14.9. The standard InChI is InChI=1S/C12H15ClN2O/c1-2-15(8-6-7-8)12(16)9-4-3-5-10(14)11(9)13/h3-5,8H,2,6-7,14H2,1H3. The highest BCUT2D eigenvalue weighted by molar-refractivity contribution is 6.36. The van der Waals surface area contributed by atoms with E-state index in [-0.39, 0.29) is 5.91 Å². The van der Waals surface area contributed by atoms with E-state index in [0.29, 0.717) is 28.9 Å². The minimum absolute atomic E-state index is 0.0118. The van der Waals surface area contributed by atoms with Crippen molar-refractivity contribution in [3.63, 3.8) is 0 Å². The summed E-state index contributed by atoms with van der Waals surface area (Å²) in [7, 11) is 0. The average Bonchev–Trinajstić information content (AvgIpc) is 3.07. The van der Waals surface area contributed by atoms with Crippen LogP contribution in [-0.4, -0.2) is 23.4 Å². The summed E-state index contributed by atoms with van der Waals surface area (Å²) in [6, 6.07) is 5.59. The average molecular weight is 239 g/mol. The van der Waals surface area contributed by atoms with E-state index in [4.69, 9.17) is 17.3 Å². The van der Waals surface area contributed by atoms with Gasteiger partial charge in [0.25, 0.3) is 5.91 Å². The Labute approximate surface area is 100 Å². The van der Waals surface area contributed by atoms with Crippen molar-refractivity contribution >= 4 is 23.2 Å². The molecule has 16 heavy (non-hydrogen) atoms. The summed E-state index contributed by atoms with van der Waals surface area (Å²) in [6.45, 7) is 2.70. The molecule has 2 rings (SSSR count). The van der Waals surface area contributed by atoms with Gasteiger partial charge in [0, 0.05) is 12.6 Å². The molecule has 0 spiro atoms. The molecule has 86 valence electrons. The lowest BCUT2D eigenvalue weighted by Gasteiger charge is -2.21. The summed E-state index contributed by atoms with van der Waals surface area (Å²) < 4.78 is 0. The van der Waals surface area contributed by atoms with Crippen molar-refractivity contribution in [3.05, 3.63) is 28.8 Å². The smallest absolute Gasteiger partial charge is 0.255 e. The number of nitrogens with two attached hydrogens (primary N) is 1. The second-order valence-electron chi connectivity index (χ2n) is 4.03. The molecule has 1 aliphatic carbocycles. The van der Waals surface area contributed by atoms with Gasteiger partial charge in [-0.25, -0.2) is 0 Å². The van der Waals surface area contributed by atoms with Gasteiger partial charge in [-0.1, -0.05) is 17.7 Å². The third kappa shape index (κ3) is 2.00. The Bertz CT molecular complexity index is 415. The Balaban J connectivity index is 2.28. The number of carbonyl (C=O) groups excluding carboxylic acids is 1. The van der Waals surface area contributed by atoms with E-state index in [1.807, 2.05) is 11.8 Å². The van der Waals surface area contributed by atoms with Gasteiger partial charge in [0.15, 0.2) is 0 Å². The van der Waals surface area contributed by atoms with Gasteiger partial charge in [-0.3, -0.25) is 4.79 Å². The number of nitrogens with zero attached hydrogens (tertiary/aromatic N) is 1. The van der Waals surface area contributed by atoms with Gasteiger partial charge in [0.2, 0.25) is 0 Å². The van der Waals surface area contributed by atoms with E-state index in [1.54, 1.807) is 18.2 Å². The third-order valence-corrected chi connectivity index (χ3v) is 3.27. The number of amides is 1. The summed E-state index contributed by atoms with van der Waals surface area (Å²) in [5, 5.41) is 0.367. The lowest BCUT2D eigenvalue weighted by molar-refractivity contribution is 0.0753. The fraction of sp³-hybridized carbons (Fsp3) is 0.417. The minimum atomic E-state index is -0.0118. The molecule has 0 bridgehead atoms. The summed E-state index contributed by atoms with van der Waals surface area (Å²) in [4.78, 5) is 14.1. The molecule has 1 amide bonds. The molecule has 0 saturated heterocycles. The highest BCUT2D eigenvalue weighted by atomic mass is 35.5. The highest BCUT2D eigenvalue weighted by Crippen LogP contribution is 2.30. The maximum Gasteiger partial charge on any atom is 0.255 e. The SMILES string of the molecule is CCN(C(=O)c1cccc(N)c1Cl)C1CC1. The molecule has 0 radical (unpaired) electrons. The first-order valence-corrected chi connectivity index (χ1v) is 5.88. The predicted octanol–water partition coefficient (Wildman–Crippen LogP) is 2.55. The van der Waals surface area contributed by atoms with E-state index in [2.05, 4.69) is 0 Å². The van der Waals surface area contributed by atoms with Crippen LogP contribution in [0.2, 0.25) is 5.02 Å². The molecule has 0 unspecified atom stereocenters. The fourth-order valence-corrected chi connectivity index (χ4v) is 2.03. The monoisotopic (exact) mass is 238 g/mol. The summed E-state index contributed by atoms with van der Waals surface area (Å²) in [6.07, 6.45) is 2.19. The van der Waals surface area contributed by atoms with Crippen LogP contribution < -0.4 is 5.73 Å². The van der Waals surface area contributed by atoms with Crippen molar-refractivity contribution in [3.8, 4) is 0 Å². The van der Waals surface area contributed by atoms with Crippen LogP contribution in [0.3, 0.4) is 0 Å². The molecule has 1 aromatic rings. The molecule has 0 aromatic heterocycles. The molecule has 2 N–H and O–H groups in total. The van der Waals surface area contributed by atoms with Crippen LogP contribution >= 0.6 is 11.6 Å². The molecule has 4 heteroatoms. The number of nitrogen functional groups attached to an aromatic ring is 1. The van der Waals surface area contributed by atoms with E-state index < -0.39 is 0 Å². The summed E-state index contributed by atoms with van der Waals surface area (Å²) >= 11 is 6.04. The van der Waals surface area contributed by atoms with Crippen LogP contribution in [0.1, 0.15) is 30.1 Å². The van der Waals surface area contributed by atoms with E-state index in [9.17, 15) is 4.79 Å². The van der Waals surface area contributed by atoms with Gasteiger partial charge >= 0.3 is 0 Å². The number of anilines is 1. The predicted molar refractivity (Wildman–Crippen MR) is 65.6 cm³/mol. The summed E-state index contributed by atoms with van der Waals surface area (Å²) in [5.41, 5.74) is 6.66. The number of hydrogen-bond donors (Lipinski definition) is 1. The zero-order valence-electron chi connectivity index (χ0n) is 9.24. The lowest BCUT2D eigenvalue weighted by Crippen LogP contribution is -2.33. The lowest BCUT2D eigenvalue weighted by atomic mass is 10.1. The third-order valence-electron chi connectivity index (χ3n) is 2.85. The minimum Gasteiger partial charge on any atom is -0.398 e. The van der Waals surface area contributed by atoms with Crippen LogP contribution in [0.4, 0.5) is 5.69 Å². The van der Waals surface area contributed by atoms with Gasteiger partial charge in [0.1, 0.15) is 0 Å². The Hall–Kier alpha value is -1.22. The van der Waals surface area contributed by atoms with Crippen molar-refractivity contribution in [1.82, 2.24) is 4.90 Å². The second kappa shape index (κ2) is 4.34. The Morgan fingerprint density at radius 3 is 2.81 bits per heavy atom. The molecule has 1 aromatic carbocycles. The first-order chi connectivity index (χ1) is 7.65. The van der Waals surface area contributed by atoms with Crippen LogP contribution in [0.25, 0.3) is 0 Å². The molecular formula is C12H15ClN2O. The van der Waals surface area contributed by atoms with Crippen LogP contribution in [0, 0.1) is 0 Å². The first kappa shape index (κ1) is 11.3. The number of hydrogen-bond acceptors (Lipinski definition) is 2. The maximum atomic E-state index is 12.2. The van der Waals surface area contributed by atoms with E-state index >= 15 is 0 Å². The number of halogens is 1. The van der Waals surface area contributed by atoms with Crippen LogP contribution in [-0.2, 0) is 0 Å². The van der Waals surface area contributed by atoms with Crippen molar-refractivity contribution in [2.75, 3.05) is 12.3 Å². The number of rotatable bonds is 3. The maximum absolute atomic E-state index is 12.2. The van der Waals surface area contributed by atoms with Crippen LogP contribution in [0.15, 0.2) is 18.2 Å². The van der Waals surface area contributed by atoms with E-state index in [0.717, 1.165) is 12.8 Å². The molecule has 0 atom stereocenters. The summed E-state index contributed by atoms with van der Waals surface area (Å²) in [5.74, 6) is -0.0118. The molecule has 1 saturated carbocycles. The fourth-order valence-electron chi connectivity index (χ4n) is 1.82. The topological polar surface area (TPSA) is 46.3 Å². The molecular weight excluding hydrogens is 224 g/mol. The number of carbonyl (C=O) groups is 1. The Morgan fingerprint density at radius 1 is 1.56 bits per heavy atom. The van der Waals surface area contributed by atoms with Crippen molar-refractivity contribution in [2.45, 2.75) is 25.8 Å². The zero-order chi connectivity index (χ0) is 11.7. The Morgan fingerprint density at radius 2 is 2.25 bits per heavy atom. The molecule has 0 heterocycles. The van der Waals surface area contributed by atoms with Gasteiger partial charge in [-0.15, -0.1) is 0 Å². The molecule has 1 fully saturated rings. The quantitative estimate of drug-likeness (QED) is 0.823.